The highest BCUT2D eigenvalue weighted by Gasteiger charge is 2.28. The molecule has 0 bridgehead atoms. The molecule has 5 rings (SSSR count). The molecule has 236 valence electrons. The van der Waals surface area contributed by atoms with Crippen LogP contribution in [0.1, 0.15) is 35.1 Å². The van der Waals surface area contributed by atoms with Crippen LogP contribution in [0.4, 0.5) is 4.39 Å². The molecule has 1 amide bonds. The van der Waals surface area contributed by atoms with E-state index in [-0.39, 0.29) is 17.6 Å². The fourth-order valence-corrected chi connectivity index (χ4v) is 6.28. The highest BCUT2D eigenvalue weighted by molar-refractivity contribution is 7.90. The molecule has 1 N–H and O–H groups in total. The normalized spacial score (nSPS) is 14.4. The molecular weight excluding hydrogens is 587 g/mol. The lowest BCUT2D eigenvalue weighted by Crippen LogP contribution is -2.41. The van der Waals surface area contributed by atoms with E-state index in [0.29, 0.717) is 24.5 Å². The molecule has 45 heavy (non-hydrogen) atoms. The van der Waals surface area contributed by atoms with Crippen molar-refractivity contribution in [2.75, 3.05) is 32.9 Å². The zero-order chi connectivity index (χ0) is 31.8. The van der Waals surface area contributed by atoms with Gasteiger partial charge in [-0.15, -0.1) is 0 Å². The maximum atomic E-state index is 13.9. The van der Waals surface area contributed by atoms with E-state index in [4.69, 9.17) is 0 Å². The molecule has 0 saturated carbocycles. The van der Waals surface area contributed by atoms with Gasteiger partial charge in [-0.05, 0) is 98.5 Å². The fraction of sp³-hybridized carbons (Fsp3) is 0.333. The lowest BCUT2D eigenvalue weighted by molar-refractivity contribution is -0.138. The lowest BCUT2D eigenvalue weighted by Gasteiger charge is -2.32. The molecule has 7 nitrogen and oxygen atoms in total. The number of aromatic nitrogens is 1. The molecular formula is C36H41FN4O3S. The number of hydrogen-bond donors (Lipinski definition) is 1. The molecule has 1 aliphatic rings. The highest BCUT2D eigenvalue weighted by atomic mass is 32.2. The van der Waals surface area contributed by atoms with Gasteiger partial charge in [-0.25, -0.2) is 12.8 Å². The summed E-state index contributed by atoms with van der Waals surface area (Å²) in [4.78, 5) is 22.7. The van der Waals surface area contributed by atoms with Crippen molar-refractivity contribution in [3.05, 3.63) is 119 Å². The molecule has 1 aliphatic heterocycles. The number of piperidine rings is 1. The number of nitrogens with one attached hydrogen (secondary N) is 1. The molecule has 2 heterocycles. The third-order valence-electron chi connectivity index (χ3n) is 8.36. The van der Waals surface area contributed by atoms with Gasteiger partial charge in [-0.2, -0.15) is 0 Å². The number of carbonyl (C=O) groups excluding carboxylic acids is 1. The molecule has 1 fully saturated rings. The number of sulfone groups is 1. The predicted molar refractivity (Wildman–Crippen MR) is 176 cm³/mol. The first-order valence-corrected chi connectivity index (χ1v) is 17.3. The Hall–Kier alpha value is -3.92. The monoisotopic (exact) mass is 628 g/mol. The average Bonchev–Trinajstić information content (AvgIpc) is 3.03. The van der Waals surface area contributed by atoms with Crippen LogP contribution in [0.3, 0.4) is 0 Å². The third kappa shape index (κ3) is 9.29. The van der Waals surface area contributed by atoms with Gasteiger partial charge in [0.25, 0.3) is 0 Å². The molecule has 3 aromatic carbocycles. The topological polar surface area (TPSA) is 82.6 Å². The summed E-state index contributed by atoms with van der Waals surface area (Å²) in [5.74, 6) is -0.177. The number of likely N-dealkylation sites (tertiary alicyclic amines) is 1. The van der Waals surface area contributed by atoms with Crippen molar-refractivity contribution in [1.29, 1.82) is 0 Å². The van der Waals surface area contributed by atoms with Gasteiger partial charge in [-0.1, -0.05) is 54.6 Å². The summed E-state index contributed by atoms with van der Waals surface area (Å²) >= 11 is 0. The number of rotatable bonds is 12. The van der Waals surface area contributed by atoms with E-state index in [9.17, 15) is 17.6 Å². The van der Waals surface area contributed by atoms with Crippen LogP contribution in [0.5, 0.6) is 0 Å². The minimum Gasteiger partial charge on any atom is -0.334 e. The quantitative estimate of drug-likeness (QED) is 0.209. The summed E-state index contributed by atoms with van der Waals surface area (Å²) in [6.07, 6.45) is 5.56. The number of amides is 1. The van der Waals surface area contributed by atoms with Crippen molar-refractivity contribution in [3.63, 3.8) is 0 Å². The smallest absolute Gasteiger partial charge is 0.226 e. The zero-order valence-corrected chi connectivity index (χ0v) is 26.8. The van der Waals surface area contributed by atoms with Crippen molar-refractivity contribution in [2.45, 2.75) is 43.8 Å². The van der Waals surface area contributed by atoms with Crippen LogP contribution in [-0.4, -0.2) is 62.0 Å². The summed E-state index contributed by atoms with van der Waals surface area (Å²) in [6, 6.07) is 25.7. The van der Waals surface area contributed by atoms with Crippen LogP contribution < -0.4 is 5.32 Å². The molecule has 9 heteroatoms. The van der Waals surface area contributed by atoms with Gasteiger partial charge in [-0.3, -0.25) is 9.78 Å². The second-order valence-electron chi connectivity index (χ2n) is 12.0. The van der Waals surface area contributed by atoms with Crippen molar-refractivity contribution >= 4 is 15.7 Å². The van der Waals surface area contributed by atoms with E-state index in [1.807, 2.05) is 59.6 Å². The first-order valence-electron chi connectivity index (χ1n) is 15.4. The largest absolute Gasteiger partial charge is 0.334 e. The van der Waals surface area contributed by atoms with Gasteiger partial charge in [0.1, 0.15) is 5.82 Å². The van der Waals surface area contributed by atoms with Crippen LogP contribution in [-0.2, 0) is 40.7 Å². The number of hydrogen-bond acceptors (Lipinski definition) is 6. The van der Waals surface area contributed by atoms with Crippen LogP contribution >= 0.6 is 0 Å². The van der Waals surface area contributed by atoms with Crippen molar-refractivity contribution in [1.82, 2.24) is 20.1 Å². The maximum Gasteiger partial charge on any atom is 0.226 e. The summed E-state index contributed by atoms with van der Waals surface area (Å²) in [7, 11) is -1.10. The molecule has 0 atom stereocenters. The van der Waals surface area contributed by atoms with Crippen LogP contribution in [0.2, 0.25) is 0 Å². The standard InChI is InChI=1S/C36H41FN4O3S/c1-40-20-17-32(18-21-40)36(42)41(26-29-4-3-5-33(37)22-29)25-28-6-11-31(12-7-28)35-15-10-30(24-39-35)23-38-19-16-27-8-13-34(14-9-27)45(2,43)44/h3-15,22,24,32,38H,16-21,23,25-26H2,1-2H3. The van der Waals surface area contributed by atoms with Gasteiger partial charge in [0.05, 0.1) is 10.6 Å². The van der Waals surface area contributed by atoms with E-state index in [1.54, 1.807) is 18.2 Å². The Bertz CT molecular complexity index is 1670. The van der Waals surface area contributed by atoms with Crippen LogP contribution in [0, 0.1) is 11.7 Å². The van der Waals surface area contributed by atoms with Crippen LogP contribution in [0.15, 0.2) is 96.0 Å². The molecule has 0 radical (unpaired) electrons. The fourth-order valence-electron chi connectivity index (χ4n) is 5.65. The maximum absolute atomic E-state index is 13.9. The summed E-state index contributed by atoms with van der Waals surface area (Å²) in [5.41, 5.74) is 5.82. The summed E-state index contributed by atoms with van der Waals surface area (Å²) in [5, 5.41) is 3.42. The van der Waals surface area contributed by atoms with E-state index in [0.717, 1.165) is 72.4 Å². The number of halogens is 1. The molecule has 0 spiro atoms. The predicted octanol–water partition coefficient (Wildman–Crippen LogP) is 5.49. The van der Waals surface area contributed by atoms with Gasteiger partial charge in [0.15, 0.2) is 9.84 Å². The zero-order valence-electron chi connectivity index (χ0n) is 26.0. The van der Waals surface area contributed by atoms with Crippen molar-refractivity contribution in [3.8, 4) is 11.3 Å². The van der Waals surface area contributed by atoms with Gasteiger partial charge in [0.2, 0.25) is 5.91 Å². The molecule has 0 aliphatic carbocycles. The second-order valence-corrected chi connectivity index (χ2v) is 14.0. The number of benzene rings is 3. The average molecular weight is 629 g/mol. The molecule has 4 aromatic rings. The van der Waals surface area contributed by atoms with Gasteiger partial charge >= 0.3 is 0 Å². The Morgan fingerprint density at radius 1 is 0.911 bits per heavy atom. The van der Waals surface area contributed by atoms with Crippen molar-refractivity contribution < 1.29 is 17.6 Å². The minimum absolute atomic E-state index is 0.0141. The van der Waals surface area contributed by atoms with Crippen molar-refractivity contribution in [2.24, 2.45) is 5.92 Å². The molecule has 1 saturated heterocycles. The Morgan fingerprint density at radius 3 is 2.22 bits per heavy atom. The van der Waals surface area contributed by atoms with E-state index >= 15 is 0 Å². The Labute approximate surface area is 266 Å². The van der Waals surface area contributed by atoms with E-state index in [1.165, 1.54) is 18.4 Å². The van der Waals surface area contributed by atoms with E-state index < -0.39 is 9.84 Å². The molecule has 1 aromatic heterocycles. The van der Waals surface area contributed by atoms with Gasteiger partial charge in [0, 0.05) is 43.6 Å². The minimum atomic E-state index is -3.18. The number of carbonyl (C=O) groups is 1. The SMILES string of the molecule is CN1CCC(C(=O)N(Cc2ccc(-c3ccc(CNCCc4ccc(S(C)(=O)=O)cc4)cn3)cc2)Cc2cccc(F)c2)CC1. The number of nitrogens with zero attached hydrogens (tertiary/aromatic N) is 3. The Kier molecular flexibility index (Phi) is 10.8. The van der Waals surface area contributed by atoms with Gasteiger partial charge < -0.3 is 15.1 Å². The molecule has 0 unspecified atom stereocenters. The van der Waals surface area contributed by atoms with Crippen LogP contribution in [0.25, 0.3) is 11.3 Å². The lowest BCUT2D eigenvalue weighted by atomic mass is 9.95. The Morgan fingerprint density at radius 2 is 1.58 bits per heavy atom. The first kappa shape index (κ1) is 32.5. The summed E-state index contributed by atoms with van der Waals surface area (Å²) in [6.45, 7) is 4.09. The second kappa shape index (κ2) is 14.9. The Balaban J connectivity index is 1.16. The van der Waals surface area contributed by atoms with E-state index in [2.05, 4.69) is 28.3 Å². The first-order chi connectivity index (χ1) is 21.6. The highest BCUT2D eigenvalue weighted by Crippen LogP contribution is 2.24. The number of pyridine rings is 1. The third-order valence-corrected chi connectivity index (χ3v) is 9.49. The summed E-state index contributed by atoms with van der Waals surface area (Å²) < 4.78 is 37.2.